The molecule has 0 amide bonds. The van der Waals surface area contributed by atoms with E-state index in [0.29, 0.717) is 19.3 Å². The van der Waals surface area contributed by atoms with Crippen molar-refractivity contribution in [3.63, 3.8) is 0 Å². The minimum absolute atomic E-state index is 0.0810. The molecule has 0 fully saturated rings. The fourth-order valence-electron chi connectivity index (χ4n) is 7.37. The molecule has 60 heavy (non-hydrogen) atoms. The highest BCUT2D eigenvalue weighted by Gasteiger charge is 2.19. The van der Waals surface area contributed by atoms with Crippen molar-refractivity contribution in [2.24, 2.45) is 0 Å². The van der Waals surface area contributed by atoms with Crippen LogP contribution in [0.5, 0.6) is 0 Å². The summed E-state index contributed by atoms with van der Waals surface area (Å²) in [5.74, 6) is -0.898. The van der Waals surface area contributed by atoms with Gasteiger partial charge in [-0.15, -0.1) is 0 Å². The van der Waals surface area contributed by atoms with Gasteiger partial charge in [0.05, 0.1) is 0 Å². The molecule has 0 aliphatic heterocycles. The molecule has 0 saturated carbocycles. The number of carbonyl (C=O) groups is 3. The smallest absolute Gasteiger partial charge is 0.306 e. The Morgan fingerprint density at radius 1 is 0.317 bits per heavy atom. The van der Waals surface area contributed by atoms with Crippen LogP contribution in [0.1, 0.15) is 271 Å². The van der Waals surface area contributed by atoms with Gasteiger partial charge < -0.3 is 14.2 Å². The van der Waals surface area contributed by atoms with Crippen LogP contribution in [0.15, 0.2) is 36.5 Å². The van der Waals surface area contributed by atoms with E-state index in [1.54, 1.807) is 0 Å². The fraction of sp³-hybridized carbons (Fsp3) is 0.833. The van der Waals surface area contributed by atoms with Crippen molar-refractivity contribution in [2.45, 2.75) is 277 Å². The van der Waals surface area contributed by atoms with Crippen molar-refractivity contribution in [1.29, 1.82) is 0 Å². The van der Waals surface area contributed by atoms with Crippen molar-refractivity contribution >= 4 is 17.9 Å². The molecule has 0 aliphatic rings. The average Bonchev–Trinajstić information content (AvgIpc) is 3.24. The molecule has 0 radical (unpaired) electrons. The first-order valence-corrected chi connectivity index (χ1v) is 26.0. The molecule has 0 aromatic heterocycles. The quantitative estimate of drug-likeness (QED) is 0.0263. The number of esters is 3. The molecule has 0 bridgehead atoms. The third-order valence-electron chi connectivity index (χ3n) is 11.3. The standard InChI is InChI=1S/C54H98O6/c1-4-7-10-13-16-19-22-25-28-31-34-37-40-43-46-52(55)58-49-51(60-54(57)48-45-42-39-36-33-30-27-24-21-18-15-12-9-6-3)50-59-53(56)47-44-41-38-35-32-29-26-23-20-17-14-11-8-5-2/h22-27,51H,4-21,28-50H2,1-3H3/b25-22+,26-23+,27-24+. The van der Waals surface area contributed by atoms with E-state index in [4.69, 9.17) is 14.2 Å². The van der Waals surface area contributed by atoms with E-state index in [9.17, 15) is 14.4 Å². The highest BCUT2D eigenvalue weighted by Crippen LogP contribution is 2.14. The second-order valence-corrected chi connectivity index (χ2v) is 17.4. The summed E-state index contributed by atoms with van der Waals surface area (Å²) in [5, 5.41) is 0. The van der Waals surface area contributed by atoms with Gasteiger partial charge >= 0.3 is 17.9 Å². The van der Waals surface area contributed by atoms with Gasteiger partial charge in [0.2, 0.25) is 0 Å². The summed E-state index contributed by atoms with van der Waals surface area (Å²) in [5.41, 5.74) is 0. The Morgan fingerprint density at radius 3 is 0.833 bits per heavy atom. The lowest BCUT2D eigenvalue weighted by Crippen LogP contribution is -2.30. The molecule has 0 aromatic carbocycles. The van der Waals surface area contributed by atoms with E-state index in [-0.39, 0.29) is 31.1 Å². The average molecular weight is 843 g/mol. The van der Waals surface area contributed by atoms with Gasteiger partial charge in [-0.1, -0.05) is 192 Å². The molecule has 0 spiro atoms. The summed E-state index contributed by atoms with van der Waals surface area (Å²) in [4.78, 5) is 37.9. The van der Waals surface area contributed by atoms with Gasteiger partial charge in [0.15, 0.2) is 6.10 Å². The molecule has 0 N–H and O–H groups in total. The zero-order valence-corrected chi connectivity index (χ0v) is 40.0. The summed E-state index contributed by atoms with van der Waals surface area (Å²) >= 11 is 0. The van der Waals surface area contributed by atoms with E-state index in [1.165, 1.54) is 148 Å². The first-order chi connectivity index (χ1) is 29.5. The number of hydrogen-bond donors (Lipinski definition) is 0. The molecular weight excluding hydrogens is 745 g/mol. The molecular formula is C54H98O6. The van der Waals surface area contributed by atoms with E-state index < -0.39 is 6.10 Å². The monoisotopic (exact) mass is 843 g/mol. The Balaban J connectivity index is 4.40. The van der Waals surface area contributed by atoms with Crippen LogP contribution < -0.4 is 0 Å². The third-order valence-corrected chi connectivity index (χ3v) is 11.3. The van der Waals surface area contributed by atoms with Crippen molar-refractivity contribution in [3.05, 3.63) is 36.5 Å². The SMILES string of the molecule is CCCCCCC/C=C/CCCCCCCC(=O)OCC(COC(=O)CCCCCCC/C=C/CCCCCCC)OC(=O)CCCCCCC/C=C/CCCCCCC. The largest absolute Gasteiger partial charge is 0.462 e. The predicted molar refractivity (Wildman–Crippen MR) is 256 cm³/mol. The van der Waals surface area contributed by atoms with Crippen LogP contribution in [-0.2, 0) is 28.6 Å². The Bertz CT molecular complexity index is 962. The van der Waals surface area contributed by atoms with Gasteiger partial charge in [0.1, 0.15) is 13.2 Å². The number of hydrogen-bond acceptors (Lipinski definition) is 6. The minimum atomic E-state index is -0.780. The van der Waals surface area contributed by atoms with Gasteiger partial charge in [-0.3, -0.25) is 14.4 Å². The van der Waals surface area contributed by atoms with E-state index in [1.807, 2.05) is 0 Å². The van der Waals surface area contributed by atoms with E-state index in [2.05, 4.69) is 57.2 Å². The Hall–Kier alpha value is -2.37. The molecule has 0 rings (SSSR count). The summed E-state index contributed by atoms with van der Waals surface area (Å²) in [7, 11) is 0. The molecule has 0 aromatic rings. The summed E-state index contributed by atoms with van der Waals surface area (Å²) in [6.07, 6.45) is 56.9. The van der Waals surface area contributed by atoms with Crippen molar-refractivity contribution in [2.75, 3.05) is 13.2 Å². The van der Waals surface area contributed by atoms with Crippen molar-refractivity contribution in [3.8, 4) is 0 Å². The Kier molecular flexibility index (Phi) is 47.3. The van der Waals surface area contributed by atoms with Gasteiger partial charge in [-0.25, -0.2) is 0 Å². The lowest BCUT2D eigenvalue weighted by Gasteiger charge is -2.18. The minimum Gasteiger partial charge on any atom is -0.462 e. The normalized spacial score (nSPS) is 11.8. The number of allylic oxidation sites excluding steroid dienone is 6. The topological polar surface area (TPSA) is 78.9 Å². The maximum atomic E-state index is 12.8. The second kappa shape index (κ2) is 49.3. The zero-order chi connectivity index (χ0) is 43.7. The van der Waals surface area contributed by atoms with Crippen LogP contribution in [0.2, 0.25) is 0 Å². The second-order valence-electron chi connectivity index (χ2n) is 17.4. The van der Waals surface area contributed by atoms with Crippen LogP contribution in [0.4, 0.5) is 0 Å². The molecule has 6 heteroatoms. The maximum Gasteiger partial charge on any atom is 0.306 e. The number of carbonyl (C=O) groups excluding carboxylic acids is 3. The first kappa shape index (κ1) is 57.6. The lowest BCUT2D eigenvalue weighted by molar-refractivity contribution is -0.167. The van der Waals surface area contributed by atoms with E-state index >= 15 is 0 Å². The highest BCUT2D eigenvalue weighted by atomic mass is 16.6. The third kappa shape index (κ3) is 46.7. The molecule has 0 saturated heterocycles. The molecule has 0 aliphatic carbocycles. The molecule has 0 atom stereocenters. The van der Waals surface area contributed by atoms with Gasteiger partial charge in [0.25, 0.3) is 0 Å². The van der Waals surface area contributed by atoms with Gasteiger partial charge in [-0.2, -0.15) is 0 Å². The van der Waals surface area contributed by atoms with Crippen LogP contribution in [0.25, 0.3) is 0 Å². The van der Waals surface area contributed by atoms with Crippen molar-refractivity contribution in [1.82, 2.24) is 0 Å². The highest BCUT2D eigenvalue weighted by molar-refractivity contribution is 5.71. The molecule has 6 nitrogen and oxygen atoms in total. The van der Waals surface area contributed by atoms with Gasteiger partial charge in [-0.05, 0) is 96.3 Å². The van der Waals surface area contributed by atoms with Crippen molar-refractivity contribution < 1.29 is 28.6 Å². The lowest BCUT2D eigenvalue weighted by atomic mass is 10.1. The molecule has 0 unspecified atom stereocenters. The summed E-state index contributed by atoms with van der Waals surface area (Å²) in [6, 6.07) is 0. The van der Waals surface area contributed by atoms with Crippen LogP contribution in [0, 0.1) is 0 Å². The number of ether oxygens (including phenoxy) is 3. The van der Waals surface area contributed by atoms with E-state index in [0.717, 1.165) is 83.5 Å². The maximum absolute atomic E-state index is 12.8. The number of rotatable bonds is 47. The Labute approximate surface area is 372 Å². The summed E-state index contributed by atoms with van der Waals surface area (Å²) < 4.78 is 16.8. The summed E-state index contributed by atoms with van der Waals surface area (Å²) in [6.45, 7) is 6.60. The fourth-order valence-corrected chi connectivity index (χ4v) is 7.37. The Morgan fingerprint density at radius 2 is 0.550 bits per heavy atom. The first-order valence-electron chi connectivity index (χ1n) is 26.0. The van der Waals surface area contributed by atoms with Crippen LogP contribution in [-0.4, -0.2) is 37.2 Å². The molecule has 350 valence electrons. The molecule has 0 heterocycles. The van der Waals surface area contributed by atoms with Gasteiger partial charge in [0, 0.05) is 19.3 Å². The number of unbranched alkanes of at least 4 members (excludes halogenated alkanes) is 30. The predicted octanol–water partition coefficient (Wildman–Crippen LogP) is 16.9. The van der Waals surface area contributed by atoms with Crippen LogP contribution >= 0.6 is 0 Å². The zero-order valence-electron chi connectivity index (χ0n) is 40.0. The van der Waals surface area contributed by atoms with Crippen LogP contribution in [0.3, 0.4) is 0 Å².